The Bertz CT molecular complexity index is 1700. The SMILES string of the molecule is CCCCCC1C=CC(=O)C2(Cc3ccc(O)c(OC)c3)CCCC2CC#CNC(=NC)Nc2cc(cc(OC3(CNC)CCC(CCOC)C3)c2O)C1. The number of ether oxygens (including phenoxy) is 3. The van der Waals surface area contributed by atoms with Crippen molar-refractivity contribution < 1.29 is 29.2 Å². The van der Waals surface area contributed by atoms with E-state index in [9.17, 15) is 15.0 Å². The van der Waals surface area contributed by atoms with Crippen LogP contribution in [0.2, 0.25) is 0 Å². The summed E-state index contributed by atoms with van der Waals surface area (Å²) < 4.78 is 17.7. The molecule has 2 fully saturated rings. The van der Waals surface area contributed by atoms with E-state index in [-0.39, 0.29) is 29.1 Å². The van der Waals surface area contributed by atoms with E-state index < -0.39 is 11.0 Å². The topological polar surface area (TPSA) is 134 Å². The van der Waals surface area contributed by atoms with Crippen LogP contribution in [0.5, 0.6) is 23.0 Å². The summed E-state index contributed by atoms with van der Waals surface area (Å²) in [7, 11) is 6.90. The molecule has 1 heterocycles. The number of anilines is 1. The fourth-order valence-corrected chi connectivity index (χ4v) is 8.97. The number of methoxy groups -OCH3 is 2. The number of phenols is 2. The number of allylic oxidation sites excluding steroid dienone is 2. The Kier molecular flexibility index (Phi) is 14.7. The van der Waals surface area contributed by atoms with E-state index in [1.165, 1.54) is 0 Å². The summed E-state index contributed by atoms with van der Waals surface area (Å²) in [5.74, 6) is 5.41. The number of guanidine groups is 1. The van der Waals surface area contributed by atoms with E-state index in [0.29, 0.717) is 61.5 Å². The van der Waals surface area contributed by atoms with Crippen molar-refractivity contribution in [2.24, 2.45) is 28.2 Å². The largest absolute Gasteiger partial charge is 0.504 e. The third kappa shape index (κ3) is 10.1. The minimum Gasteiger partial charge on any atom is -0.504 e. The van der Waals surface area contributed by atoms with Gasteiger partial charge in [0, 0.05) is 45.2 Å². The highest BCUT2D eigenvalue weighted by Crippen LogP contribution is 2.49. The van der Waals surface area contributed by atoms with Crippen LogP contribution in [-0.2, 0) is 22.4 Å². The molecular formula is C44H62N4O6. The summed E-state index contributed by atoms with van der Waals surface area (Å²) in [6.45, 7) is 3.58. The lowest BCUT2D eigenvalue weighted by Gasteiger charge is -2.33. The van der Waals surface area contributed by atoms with Crippen LogP contribution < -0.4 is 25.4 Å². The lowest BCUT2D eigenvalue weighted by Crippen LogP contribution is -2.42. The molecule has 2 bridgehead atoms. The van der Waals surface area contributed by atoms with Crippen molar-refractivity contribution in [3.63, 3.8) is 0 Å². The lowest BCUT2D eigenvalue weighted by atomic mass is 9.68. The highest BCUT2D eigenvalue weighted by molar-refractivity contribution is 5.97. The van der Waals surface area contributed by atoms with Crippen molar-refractivity contribution in [3.8, 4) is 35.0 Å². The number of hydrogen-bond acceptors (Lipinski definition) is 8. The molecule has 10 heteroatoms. The second-order valence-electron chi connectivity index (χ2n) is 15.6. The zero-order valence-corrected chi connectivity index (χ0v) is 33.1. The summed E-state index contributed by atoms with van der Waals surface area (Å²) in [6.07, 6.45) is 16.3. The van der Waals surface area contributed by atoms with Gasteiger partial charge in [-0.05, 0) is 124 Å². The predicted molar refractivity (Wildman–Crippen MR) is 215 cm³/mol. The molecule has 2 aromatic carbocycles. The summed E-state index contributed by atoms with van der Waals surface area (Å²) in [6, 6.07) is 12.4. The first kappa shape index (κ1) is 41.0. The molecule has 0 saturated heterocycles. The van der Waals surface area contributed by atoms with Crippen LogP contribution in [-0.4, -0.2) is 69.0 Å². The van der Waals surface area contributed by atoms with Gasteiger partial charge in [0.2, 0.25) is 5.96 Å². The summed E-state index contributed by atoms with van der Waals surface area (Å²) >= 11 is 0. The number of rotatable bonds is 14. The van der Waals surface area contributed by atoms with E-state index in [1.807, 2.05) is 37.4 Å². The highest BCUT2D eigenvalue weighted by atomic mass is 16.5. The van der Waals surface area contributed by atoms with E-state index in [0.717, 1.165) is 81.8 Å². The molecule has 3 aliphatic rings. The number of nitrogens with zero attached hydrogens (tertiary/aromatic N) is 1. The number of fused-ring (bicyclic) bond motifs is 3. The standard InChI is InChI=1S/C44H62N4O6/c1-6-7-8-11-31-15-17-40(50)44(29-33-14-16-37(49)38(26-33)53-5)20-9-12-35(44)13-10-22-47-42(46-3)48-36-25-34(24-31)27-39(41(36)51)54-43(30-45-2)21-18-32(28-43)19-23-52-4/h14-17,25-27,31-32,35,45,49,51H,6-9,11-13,18-21,23-24,28-30H2,1-5H3,(H2,46,47,48). The maximum absolute atomic E-state index is 14.6. The summed E-state index contributed by atoms with van der Waals surface area (Å²) in [5.41, 5.74) is 1.34. The van der Waals surface area contributed by atoms with E-state index in [2.05, 4.69) is 45.9 Å². The van der Waals surface area contributed by atoms with Crippen molar-refractivity contribution in [2.75, 3.05) is 46.8 Å². The Morgan fingerprint density at radius 2 is 1.93 bits per heavy atom. The normalized spacial score (nSPS) is 26.4. The Morgan fingerprint density at radius 1 is 1.07 bits per heavy atom. The first-order valence-electron chi connectivity index (χ1n) is 19.9. The minimum atomic E-state index is -0.630. The average Bonchev–Trinajstić information content (AvgIpc) is 3.76. The van der Waals surface area contributed by atoms with Crippen molar-refractivity contribution in [3.05, 3.63) is 53.6 Å². The fraction of sp³-hybridized carbons (Fsp3) is 0.591. The number of phenolic OH excluding ortho intramolecular Hbond substituents is 2. The Labute approximate surface area is 322 Å². The van der Waals surface area contributed by atoms with Crippen LogP contribution in [0.3, 0.4) is 0 Å². The van der Waals surface area contributed by atoms with Gasteiger partial charge in [-0.2, -0.15) is 0 Å². The van der Waals surface area contributed by atoms with Crippen molar-refractivity contribution >= 4 is 17.4 Å². The molecule has 5 atom stereocenters. The Hall–Kier alpha value is -4.20. The summed E-state index contributed by atoms with van der Waals surface area (Å²) in [4.78, 5) is 19.1. The van der Waals surface area contributed by atoms with Gasteiger partial charge in [-0.25, -0.2) is 0 Å². The molecule has 2 aliphatic carbocycles. The van der Waals surface area contributed by atoms with Crippen molar-refractivity contribution in [1.82, 2.24) is 10.6 Å². The fourth-order valence-electron chi connectivity index (χ4n) is 8.97. The van der Waals surface area contributed by atoms with Gasteiger partial charge in [-0.3, -0.25) is 15.1 Å². The molecule has 294 valence electrons. The molecule has 0 aromatic heterocycles. The van der Waals surface area contributed by atoms with Crippen molar-refractivity contribution in [1.29, 1.82) is 0 Å². The third-order valence-corrected chi connectivity index (χ3v) is 11.9. The van der Waals surface area contributed by atoms with Crippen LogP contribution in [0.1, 0.15) is 95.1 Å². The van der Waals surface area contributed by atoms with Crippen LogP contribution in [0.25, 0.3) is 0 Å². The molecule has 0 radical (unpaired) electrons. The Morgan fingerprint density at radius 3 is 2.69 bits per heavy atom. The van der Waals surface area contributed by atoms with Gasteiger partial charge in [-0.15, -0.1) is 0 Å². The van der Waals surface area contributed by atoms with Gasteiger partial charge >= 0.3 is 0 Å². The zero-order chi connectivity index (χ0) is 38.6. The third-order valence-electron chi connectivity index (χ3n) is 11.9. The highest BCUT2D eigenvalue weighted by Gasteiger charge is 2.47. The second kappa shape index (κ2) is 19.4. The maximum atomic E-state index is 14.6. The second-order valence-corrected chi connectivity index (χ2v) is 15.6. The molecular weight excluding hydrogens is 681 g/mol. The maximum Gasteiger partial charge on any atom is 0.207 e. The number of carbonyl (C=O) groups excluding carboxylic acids is 1. The summed E-state index contributed by atoms with van der Waals surface area (Å²) in [5, 5.41) is 31.8. The molecule has 5 rings (SSSR count). The number of benzene rings is 2. The molecule has 54 heavy (non-hydrogen) atoms. The van der Waals surface area contributed by atoms with E-state index >= 15 is 0 Å². The first-order valence-corrected chi connectivity index (χ1v) is 19.9. The molecule has 1 aliphatic heterocycles. The minimum absolute atomic E-state index is 0.0291. The number of carbonyl (C=O) groups is 1. The van der Waals surface area contributed by atoms with Crippen molar-refractivity contribution in [2.45, 2.75) is 102 Å². The Balaban J connectivity index is 1.53. The van der Waals surface area contributed by atoms with Gasteiger partial charge in [0.05, 0.1) is 12.8 Å². The number of hydrogen-bond donors (Lipinski definition) is 5. The molecule has 2 saturated carbocycles. The number of likely N-dealkylation sites (N-methyl/N-ethyl adjacent to an activating group) is 1. The molecule has 5 unspecified atom stereocenters. The van der Waals surface area contributed by atoms with Crippen LogP contribution in [0.15, 0.2) is 47.5 Å². The van der Waals surface area contributed by atoms with Gasteiger partial charge in [-0.1, -0.05) is 50.7 Å². The molecule has 0 spiro atoms. The monoisotopic (exact) mass is 742 g/mol. The molecule has 5 N–H and O–H groups in total. The average molecular weight is 743 g/mol. The number of nitrogens with one attached hydrogen (secondary N) is 3. The predicted octanol–water partition coefficient (Wildman–Crippen LogP) is 7.53. The molecule has 0 amide bonds. The van der Waals surface area contributed by atoms with Gasteiger partial charge in [0.15, 0.2) is 28.8 Å². The molecule has 10 nitrogen and oxygen atoms in total. The number of unbranched alkanes of at least 4 members (excludes halogenated alkanes) is 2. The molecule has 2 aromatic rings. The zero-order valence-electron chi connectivity index (χ0n) is 33.1. The van der Waals surface area contributed by atoms with Crippen LogP contribution >= 0.6 is 0 Å². The quantitative estimate of drug-likeness (QED) is 0.0757. The van der Waals surface area contributed by atoms with E-state index in [4.69, 9.17) is 14.2 Å². The van der Waals surface area contributed by atoms with Gasteiger partial charge < -0.3 is 35.1 Å². The van der Waals surface area contributed by atoms with Gasteiger partial charge in [0.1, 0.15) is 5.60 Å². The number of aliphatic imine (C=N–C) groups is 1. The smallest absolute Gasteiger partial charge is 0.207 e. The first-order chi connectivity index (χ1) is 26.2. The number of ketones is 1. The van der Waals surface area contributed by atoms with Crippen LogP contribution in [0, 0.1) is 35.1 Å². The number of aromatic hydroxyl groups is 2. The van der Waals surface area contributed by atoms with Crippen LogP contribution in [0.4, 0.5) is 5.69 Å². The van der Waals surface area contributed by atoms with E-state index in [1.54, 1.807) is 27.3 Å². The van der Waals surface area contributed by atoms with Gasteiger partial charge in [0.25, 0.3) is 0 Å². The lowest BCUT2D eigenvalue weighted by molar-refractivity contribution is -0.125.